The fraction of sp³-hybridized carbons (Fsp3) is 0.176. The molecule has 0 bridgehead atoms. The van der Waals surface area contributed by atoms with E-state index in [4.69, 9.17) is 14.7 Å². The van der Waals surface area contributed by atoms with E-state index in [0.717, 1.165) is 0 Å². The van der Waals surface area contributed by atoms with E-state index in [1.54, 1.807) is 36.4 Å². The van der Waals surface area contributed by atoms with E-state index >= 15 is 0 Å². The minimum absolute atomic E-state index is 0.304. The molecular weight excluding hydrogens is 360 g/mol. The molecule has 0 aromatic heterocycles. The molecule has 0 heterocycles. The fourth-order valence-corrected chi connectivity index (χ4v) is 2.56. The summed E-state index contributed by atoms with van der Waals surface area (Å²) in [5.41, 5.74) is 1.45. The molecule has 0 saturated carbocycles. The van der Waals surface area contributed by atoms with Gasteiger partial charge in [0.15, 0.2) is 11.5 Å². The van der Waals surface area contributed by atoms with Gasteiger partial charge in [-0.05, 0) is 53.2 Å². The summed E-state index contributed by atoms with van der Waals surface area (Å²) in [6, 6.07) is 12.0. The van der Waals surface area contributed by atoms with Crippen molar-refractivity contribution < 1.29 is 14.3 Å². The van der Waals surface area contributed by atoms with Crippen molar-refractivity contribution in [1.82, 2.24) is 0 Å². The fourth-order valence-electron chi connectivity index (χ4n) is 2.01. The first-order valence-electron chi connectivity index (χ1n) is 6.91. The molecule has 2 rings (SSSR count). The van der Waals surface area contributed by atoms with Crippen LogP contribution in [0.1, 0.15) is 22.8 Å². The SMILES string of the molecule is CCOc1c(Br)cc(C(=O)Nc2cccc(C#N)c2)cc1OC. The molecule has 0 atom stereocenters. The van der Waals surface area contributed by atoms with Crippen LogP contribution >= 0.6 is 15.9 Å². The molecule has 0 aliphatic rings. The maximum absolute atomic E-state index is 12.4. The lowest BCUT2D eigenvalue weighted by molar-refractivity contribution is 0.102. The minimum Gasteiger partial charge on any atom is -0.493 e. The lowest BCUT2D eigenvalue weighted by Gasteiger charge is -2.13. The number of hydrogen-bond acceptors (Lipinski definition) is 4. The Labute approximate surface area is 143 Å². The van der Waals surface area contributed by atoms with E-state index in [1.165, 1.54) is 7.11 Å². The number of methoxy groups -OCH3 is 1. The van der Waals surface area contributed by atoms with Crippen LogP contribution in [-0.2, 0) is 0 Å². The van der Waals surface area contributed by atoms with Gasteiger partial charge in [-0.15, -0.1) is 0 Å². The van der Waals surface area contributed by atoms with Crippen LogP contribution in [0.25, 0.3) is 0 Å². The Kier molecular flexibility index (Phi) is 5.61. The lowest BCUT2D eigenvalue weighted by Crippen LogP contribution is -2.12. The number of halogens is 1. The molecule has 118 valence electrons. The predicted octanol–water partition coefficient (Wildman–Crippen LogP) is 3.98. The molecule has 0 radical (unpaired) electrons. The third-order valence-electron chi connectivity index (χ3n) is 3.03. The zero-order chi connectivity index (χ0) is 16.8. The highest BCUT2D eigenvalue weighted by atomic mass is 79.9. The second kappa shape index (κ2) is 7.65. The summed E-state index contributed by atoms with van der Waals surface area (Å²) < 4.78 is 11.4. The number of hydrogen-bond donors (Lipinski definition) is 1. The molecule has 1 amide bonds. The summed E-state index contributed by atoms with van der Waals surface area (Å²) in [6.07, 6.45) is 0. The van der Waals surface area contributed by atoms with Gasteiger partial charge in [-0.3, -0.25) is 4.79 Å². The number of amides is 1. The van der Waals surface area contributed by atoms with Crippen LogP contribution in [0, 0.1) is 11.3 Å². The molecular formula is C17H15BrN2O3. The molecule has 0 aliphatic carbocycles. The predicted molar refractivity (Wildman–Crippen MR) is 91.0 cm³/mol. The normalized spacial score (nSPS) is 9.83. The maximum Gasteiger partial charge on any atom is 0.255 e. The standard InChI is InChI=1S/C17H15BrN2O3/c1-3-23-16-14(18)8-12(9-15(16)22-2)17(21)20-13-6-4-5-11(7-13)10-19/h4-9H,3H2,1-2H3,(H,20,21). The van der Waals surface area contributed by atoms with Gasteiger partial charge in [-0.1, -0.05) is 6.07 Å². The molecule has 5 nitrogen and oxygen atoms in total. The highest BCUT2D eigenvalue weighted by Gasteiger charge is 2.15. The number of ether oxygens (including phenoxy) is 2. The Bertz CT molecular complexity index is 769. The molecule has 0 fully saturated rings. The molecule has 1 N–H and O–H groups in total. The molecule has 0 saturated heterocycles. The van der Waals surface area contributed by atoms with E-state index in [1.807, 2.05) is 13.0 Å². The Hall–Kier alpha value is -2.52. The number of nitrogens with zero attached hydrogens (tertiary/aromatic N) is 1. The van der Waals surface area contributed by atoms with Crippen LogP contribution in [0.3, 0.4) is 0 Å². The summed E-state index contributed by atoms with van der Waals surface area (Å²) in [7, 11) is 1.52. The van der Waals surface area contributed by atoms with Crippen LogP contribution in [0.15, 0.2) is 40.9 Å². The van der Waals surface area contributed by atoms with Crippen LogP contribution in [0.5, 0.6) is 11.5 Å². The van der Waals surface area contributed by atoms with Crippen molar-refractivity contribution in [3.63, 3.8) is 0 Å². The lowest BCUT2D eigenvalue weighted by atomic mass is 10.1. The van der Waals surface area contributed by atoms with E-state index in [9.17, 15) is 4.79 Å². The molecule has 2 aromatic rings. The molecule has 0 aliphatic heterocycles. The van der Waals surface area contributed by atoms with Crippen molar-refractivity contribution >= 4 is 27.5 Å². The second-order valence-corrected chi connectivity index (χ2v) is 5.42. The van der Waals surface area contributed by atoms with Gasteiger partial charge in [0.2, 0.25) is 0 Å². The highest BCUT2D eigenvalue weighted by molar-refractivity contribution is 9.10. The van der Waals surface area contributed by atoms with Gasteiger partial charge in [0.1, 0.15) is 0 Å². The quantitative estimate of drug-likeness (QED) is 0.858. The van der Waals surface area contributed by atoms with Crippen molar-refractivity contribution in [2.45, 2.75) is 6.92 Å². The zero-order valence-corrected chi connectivity index (χ0v) is 14.3. The molecule has 2 aromatic carbocycles. The Morgan fingerprint density at radius 2 is 2.13 bits per heavy atom. The van der Waals surface area contributed by atoms with Gasteiger partial charge >= 0.3 is 0 Å². The van der Waals surface area contributed by atoms with Crippen molar-refractivity contribution in [2.75, 3.05) is 19.0 Å². The second-order valence-electron chi connectivity index (χ2n) is 4.57. The molecule has 23 heavy (non-hydrogen) atoms. The van der Waals surface area contributed by atoms with E-state index in [0.29, 0.717) is 39.4 Å². The summed E-state index contributed by atoms with van der Waals surface area (Å²) in [6.45, 7) is 2.36. The largest absolute Gasteiger partial charge is 0.493 e. The summed E-state index contributed by atoms with van der Waals surface area (Å²) >= 11 is 3.39. The van der Waals surface area contributed by atoms with Gasteiger partial charge < -0.3 is 14.8 Å². The van der Waals surface area contributed by atoms with Gasteiger partial charge in [0.05, 0.1) is 29.8 Å². The highest BCUT2D eigenvalue weighted by Crippen LogP contribution is 2.36. The Balaban J connectivity index is 2.29. The first kappa shape index (κ1) is 16.8. The van der Waals surface area contributed by atoms with Crippen molar-refractivity contribution in [3.05, 3.63) is 52.0 Å². The van der Waals surface area contributed by atoms with E-state index in [-0.39, 0.29) is 5.91 Å². The number of rotatable bonds is 5. The number of benzene rings is 2. The average Bonchev–Trinajstić information content (AvgIpc) is 2.56. The minimum atomic E-state index is -0.304. The third kappa shape index (κ3) is 4.02. The van der Waals surface area contributed by atoms with E-state index < -0.39 is 0 Å². The van der Waals surface area contributed by atoms with E-state index in [2.05, 4.69) is 21.2 Å². The van der Waals surface area contributed by atoms with Gasteiger partial charge in [0.25, 0.3) is 5.91 Å². The smallest absolute Gasteiger partial charge is 0.255 e. The Morgan fingerprint density at radius 1 is 1.35 bits per heavy atom. The van der Waals surface area contributed by atoms with Crippen LogP contribution in [0.4, 0.5) is 5.69 Å². The van der Waals surface area contributed by atoms with Crippen molar-refractivity contribution in [1.29, 1.82) is 5.26 Å². The number of nitrogens with one attached hydrogen (secondary N) is 1. The van der Waals surface area contributed by atoms with Crippen LogP contribution in [0.2, 0.25) is 0 Å². The molecule has 0 unspecified atom stereocenters. The van der Waals surface area contributed by atoms with Crippen molar-refractivity contribution in [3.8, 4) is 17.6 Å². The Morgan fingerprint density at radius 3 is 2.78 bits per heavy atom. The van der Waals surface area contributed by atoms with Gasteiger partial charge in [-0.25, -0.2) is 0 Å². The topological polar surface area (TPSA) is 71.3 Å². The summed E-state index contributed by atoms with van der Waals surface area (Å²) in [5.74, 6) is 0.720. The average molecular weight is 375 g/mol. The number of nitriles is 1. The van der Waals surface area contributed by atoms with Gasteiger partial charge in [0, 0.05) is 11.3 Å². The number of anilines is 1. The maximum atomic E-state index is 12.4. The summed E-state index contributed by atoms with van der Waals surface area (Å²) in [4.78, 5) is 12.4. The molecule has 0 spiro atoms. The third-order valence-corrected chi connectivity index (χ3v) is 3.62. The van der Waals surface area contributed by atoms with Crippen LogP contribution in [-0.4, -0.2) is 19.6 Å². The van der Waals surface area contributed by atoms with Crippen LogP contribution < -0.4 is 14.8 Å². The zero-order valence-electron chi connectivity index (χ0n) is 12.7. The first-order valence-corrected chi connectivity index (χ1v) is 7.70. The monoisotopic (exact) mass is 374 g/mol. The van der Waals surface area contributed by atoms with Crippen molar-refractivity contribution in [2.24, 2.45) is 0 Å². The van der Waals surface area contributed by atoms with Gasteiger partial charge in [-0.2, -0.15) is 5.26 Å². The summed E-state index contributed by atoms with van der Waals surface area (Å²) in [5, 5.41) is 11.7. The number of carbonyl (C=O) groups is 1. The molecule has 6 heteroatoms. The first-order chi connectivity index (χ1) is 11.1. The number of carbonyl (C=O) groups excluding carboxylic acids is 1.